The van der Waals surface area contributed by atoms with Crippen LogP contribution in [-0.4, -0.2) is 0 Å². The summed E-state index contributed by atoms with van der Waals surface area (Å²) in [5.74, 6) is 0.691. The van der Waals surface area contributed by atoms with Crippen molar-refractivity contribution in [3.05, 3.63) is 58.8 Å². The van der Waals surface area contributed by atoms with Crippen molar-refractivity contribution in [3.8, 4) is 0 Å². The monoisotopic (exact) mass is 486 g/mol. The number of hydrogen-bond donors (Lipinski definition) is 0. The van der Waals surface area contributed by atoms with Gasteiger partial charge in [-0.3, -0.25) is 0 Å². The van der Waals surface area contributed by atoms with Gasteiger partial charge in [-0.05, 0) is 0 Å². The molecule has 126 valence electrons. The van der Waals surface area contributed by atoms with Gasteiger partial charge in [-0.25, -0.2) is 0 Å². The number of allylic oxidation sites excluding steroid dienone is 6. The Morgan fingerprint density at radius 2 is 1.67 bits per heavy atom. The third kappa shape index (κ3) is 2.59. The summed E-state index contributed by atoms with van der Waals surface area (Å²) in [6.07, 6.45) is 2.44. The molecule has 3 rings (SSSR count). The second-order valence-corrected chi connectivity index (χ2v) is 12.4. The van der Waals surface area contributed by atoms with Crippen molar-refractivity contribution in [2.24, 2.45) is 5.41 Å². The first kappa shape index (κ1) is 18.1. The van der Waals surface area contributed by atoms with Crippen LogP contribution in [0, 0.1) is 5.41 Å². The molecule has 1 unspecified atom stereocenters. The molecule has 0 fully saturated rings. The molecule has 0 radical (unpaired) electrons. The summed E-state index contributed by atoms with van der Waals surface area (Å²) in [6, 6.07) is 9.19. The van der Waals surface area contributed by atoms with Gasteiger partial charge >= 0.3 is 160 Å². The van der Waals surface area contributed by atoms with Crippen molar-refractivity contribution < 1.29 is 22.9 Å². The average Bonchev–Trinajstić information content (AvgIpc) is 2.95. The standard InChI is InChI=1S/C13H15.C10H15.Hf/c1-3-10-9-11(4-2)13-8-6-5-7-12(10)13;1-7-6-10(4,5)9(3)8(7)2;/h5-8,10H,3-4H2,1-2H3;1-5H3;. The molecule has 1 heteroatoms. The Labute approximate surface area is 159 Å². The van der Waals surface area contributed by atoms with E-state index in [1.165, 1.54) is 12.8 Å². The van der Waals surface area contributed by atoms with E-state index in [0.29, 0.717) is 5.92 Å². The molecule has 0 heterocycles. The zero-order valence-corrected chi connectivity index (χ0v) is 19.9. The van der Waals surface area contributed by atoms with Gasteiger partial charge in [0.1, 0.15) is 0 Å². The predicted octanol–water partition coefficient (Wildman–Crippen LogP) is 7.05. The normalized spacial score (nSPS) is 22.5. The summed E-state index contributed by atoms with van der Waals surface area (Å²) < 4.78 is 3.72. The quantitative estimate of drug-likeness (QED) is 0.402. The molecule has 1 aromatic carbocycles. The van der Waals surface area contributed by atoms with E-state index in [1.807, 2.05) is 6.66 Å². The fourth-order valence-corrected chi connectivity index (χ4v) is 12.2. The van der Waals surface area contributed by atoms with Gasteiger partial charge in [0.05, 0.1) is 0 Å². The fraction of sp³-hybridized carbons (Fsp3) is 0.478. The zero-order chi connectivity index (χ0) is 17.6. The van der Waals surface area contributed by atoms with Crippen molar-refractivity contribution >= 4 is 5.57 Å². The van der Waals surface area contributed by atoms with Crippen LogP contribution in [-0.2, 0) is 22.9 Å². The van der Waals surface area contributed by atoms with Crippen molar-refractivity contribution in [2.45, 2.75) is 67.2 Å². The summed E-state index contributed by atoms with van der Waals surface area (Å²) in [5, 5.41) is 0. The van der Waals surface area contributed by atoms with Crippen molar-refractivity contribution in [1.29, 1.82) is 0 Å². The first-order chi connectivity index (χ1) is 11.3. The third-order valence-corrected chi connectivity index (χ3v) is 14.2. The van der Waals surface area contributed by atoms with Crippen molar-refractivity contribution in [1.82, 2.24) is 0 Å². The molecule has 0 spiro atoms. The molecule has 0 bridgehead atoms. The van der Waals surface area contributed by atoms with Crippen LogP contribution in [0.3, 0.4) is 0 Å². The van der Waals surface area contributed by atoms with E-state index >= 15 is 0 Å². The summed E-state index contributed by atoms with van der Waals surface area (Å²) in [4.78, 5) is 0. The molecule has 2 aliphatic carbocycles. The fourth-order valence-electron chi connectivity index (χ4n) is 4.53. The molecule has 0 amide bonds. The minimum atomic E-state index is -1.04. The van der Waals surface area contributed by atoms with E-state index in [2.05, 4.69) is 72.7 Å². The molecule has 0 saturated heterocycles. The average molecular weight is 485 g/mol. The SMILES string of the molecule is CCC1=[C]([Hf][C]2=C(C)C(C)=C(C)C2(C)C)C(CC)c2ccccc21. The van der Waals surface area contributed by atoms with E-state index in [4.69, 9.17) is 0 Å². The molecule has 0 aliphatic heterocycles. The Hall–Kier alpha value is -0.690. The van der Waals surface area contributed by atoms with Gasteiger partial charge in [0.15, 0.2) is 0 Å². The third-order valence-electron chi connectivity index (χ3n) is 6.42. The first-order valence-corrected chi connectivity index (χ1v) is 12.9. The van der Waals surface area contributed by atoms with Crippen LogP contribution in [0.25, 0.3) is 5.57 Å². The molecule has 0 aromatic heterocycles. The molecular weight excluding hydrogens is 455 g/mol. The number of hydrogen-bond acceptors (Lipinski definition) is 0. The van der Waals surface area contributed by atoms with Gasteiger partial charge < -0.3 is 0 Å². The van der Waals surface area contributed by atoms with E-state index in [0.717, 1.165) is 0 Å². The van der Waals surface area contributed by atoms with Gasteiger partial charge in [-0.2, -0.15) is 0 Å². The maximum atomic E-state index is 2.46. The van der Waals surface area contributed by atoms with Crippen LogP contribution in [0.1, 0.15) is 78.4 Å². The Morgan fingerprint density at radius 1 is 1.00 bits per heavy atom. The maximum absolute atomic E-state index is 2.46. The second-order valence-electron chi connectivity index (χ2n) is 7.79. The molecule has 1 aromatic rings. The van der Waals surface area contributed by atoms with Gasteiger partial charge in [0, 0.05) is 0 Å². The molecule has 2 aliphatic rings. The topological polar surface area (TPSA) is 0 Å². The van der Waals surface area contributed by atoms with Crippen LogP contribution in [0.5, 0.6) is 0 Å². The Morgan fingerprint density at radius 3 is 2.21 bits per heavy atom. The molecule has 0 N–H and O–H groups in total. The Bertz CT molecular complexity index is 771. The number of fused-ring (bicyclic) bond motifs is 1. The van der Waals surface area contributed by atoms with Crippen LogP contribution in [0.15, 0.2) is 47.6 Å². The minimum absolute atomic E-state index is 0.288. The van der Waals surface area contributed by atoms with Crippen molar-refractivity contribution in [2.75, 3.05) is 0 Å². The number of rotatable bonds is 4. The molecule has 1 atom stereocenters. The van der Waals surface area contributed by atoms with E-state index < -0.39 is 22.9 Å². The van der Waals surface area contributed by atoms with Crippen molar-refractivity contribution in [3.63, 3.8) is 0 Å². The summed E-state index contributed by atoms with van der Waals surface area (Å²) in [5.41, 5.74) is 9.93. The Kier molecular flexibility index (Phi) is 4.95. The zero-order valence-electron chi connectivity index (χ0n) is 16.3. The van der Waals surface area contributed by atoms with Gasteiger partial charge in [0.25, 0.3) is 0 Å². The van der Waals surface area contributed by atoms with Crippen LogP contribution >= 0.6 is 0 Å². The summed E-state index contributed by atoms with van der Waals surface area (Å²) in [7, 11) is 0. The van der Waals surface area contributed by atoms with Crippen LogP contribution in [0.4, 0.5) is 0 Å². The molecular formula is C23H30Hf. The Balaban J connectivity index is 2.07. The van der Waals surface area contributed by atoms with Gasteiger partial charge in [0.2, 0.25) is 0 Å². The number of benzene rings is 1. The summed E-state index contributed by atoms with van der Waals surface area (Å²) >= 11 is -1.04. The molecule has 0 nitrogen and oxygen atoms in total. The van der Waals surface area contributed by atoms with E-state index in [1.54, 1.807) is 33.4 Å². The second kappa shape index (κ2) is 6.56. The van der Waals surface area contributed by atoms with E-state index in [9.17, 15) is 0 Å². The summed E-state index contributed by atoms with van der Waals surface area (Å²) in [6.45, 7) is 16.7. The van der Waals surface area contributed by atoms with Gasteiger partial charge in [-0.1, -0.05) is 0 Å². The molecule has 24 heavy (non-hydrogen) atoms. The molecule has 0 saturated carbocycles. The predicted molar refractivity (Wildman–Crippen MR) is 102 cm³/mol. The first-order valence-electron chi connectivity index (χ1n) is 9.33. The van der Waals surface area contributed by atoms with Crippen LogP contribution in [0.2, 0.25) is 0 Å². The van der Waals surface area contributed by atoms with E-state index in [-0.39, 0.29) is 5.41 Å². The van der Waals surface area contributed by atoms with Gasteiger partial charge in [-0.15, -0.1) is 0 Å². The van der Waals surface area contributed by atoms with Crippen LogP contribution < -0.4 is 0 Å².